The summed E-state index contributed by atoms with van der Waals surface area (Å²) in [4.78, 5) is 29.2. The van der Waals surface area contributed by atoms with Crippen LogP contribution in [0.1, 0.15) is 34.8 Å². The molecule has 1 amide bonds. The highest BCUT2D eigenvalue weighted by Crippen LogP contribution is 2.28. The first-order valence-electron chi connectivity index (χ1n) is 13.0. The van der Waals surface area contributed by atoms with Crippen LogP contribution in [0.25, 0.3) is 11.1 Å². The Morgan fingerprint density at radius 2 is 1.59 bits per heavy atom. The molecule has 6 nitrogen and oxygen atoms in total. The SMILES string of the molecule is CNC(=O)c1ccc(-c2ccc(C(CN3CCCC3)NCC(=O)CN(C)c3ccc(Cl)c(Cl)c3)cc2)cc1Cl. The molecule has 39 heavy (non-hydrogen) atoms. The molecule has 1 heterocycles. The average Bonchev–Trinajstić information content (AvgIpc) is 3.45. The van der Waals surface area contributed by atoms with Crippen molar-refractivity contribution in [3.05, 3.63) is 86.9 Å². The Bertz CT molecular complexity index is 1310. The summed E-state index contributed by atoms with van der Waals surface area (Å²) in [6.07, 6.45) is 2.40. The zero-order chi connectivity index (χ0) is 27.9. The first-order chi connectivity index (χ1) is 18.7. The number of hydrogen-bond acceptors (Lipinski definition) is 5. The summed E-state index contributed by atoms with van der Waals surface area (Å²) in [5, 5.41) is 7.47. The second-order valence-corrected chi connectivity index (χ2v) is 11.1. The minimum Gasteiger partial charge on any atom is -0.367 e. The quantitative estimate of drug-likeness (QED) is 0.284. The number of anilines is 1. The third kappa shape index (κ3) is 7.74. The lowest BCUT2D eigenvalue weighted by atomic mass is 9.99. The van der Waals surface area contributed by atoms with Gasteiger partial charge in [-0.1, -0.05) is 65.1 Å². The van der Waals surface area contributed by atoms with Gasteiger partial charge in [0.1, 0.15) is 0 Å². The Kier molecular flexibility index (Phi) is 10.3. The van der Waals surface area contributed by atoms with Gasteiger partial charge in [-0.05, 0) is 73.0 Å². The summed E-state index contributed by atoms with van der Waals surface area (Å²) in [7, 11) is 3.45. The van der Waals surface area contributed by atoms with E-state index in [1.807, 2.05) is 30.1 Å². The van der Waals surface area contributed by atoms with Gasteiger partial charge in [-0.25, -0.2) is 0 Å². The second kappa shape index (κ2) is 13.6. The maximum Gasteiger partial charge on any atom is 0.252 e. The number of amides is 1. The van der Waals surface area contributed by atoms with Crippen molar-refractivity contribution in [3.8, 4) is 11.1 Å². The van der Waals surface area contributed by atoms with Crippen molar-refractivity contribution < 1.29 is 9.59 Å². The number of carbonyl (C=O) groups is 2. The standard InChI is InChI=1S/C30H33Cl3N4O2/c1-34-30(39)25-11-9-22(15-27(25)32)20-5-7-21(8-6-20)29(19-37-13-3-4-14-37)35-17-24(38)18-36(2)23-10-12-26(31)28(33)16-23/h5-12,15-16,29,35H,3-4,13-14,17-19H2,1-2H3,(H,34,39). The summed E-state index contributed by atoms with van der Waals surface area (Å²) >= 11 is 18.5. The highest BCUT2D eigenvalue weighted by atomic mass is 35.5. The van der Waals surface area contributed by atoms with E-state index in [-0.39, 0.29) is 30.8 Å². The Morgan fingerprint density at radius 3 is 2.23 bits per heavy atom. The molecular weight excluding hydrogens is 555 g/mol. The molecule has 0 aromatic heterocycles. The van der Waals surface area contributed by atoms with Crippen LogP contribution in [0.3, 0.4) is 0 Å². The van der Waals surface area contributed by atoms with Gasteiger partial charge >= 0.3 is 0 Å². The van der Waals surface area contributed by atoms with Gasteiger partial charge in [-0.3, -0.25) is 9.59 Å². The first-order valence-corrected chi connectivity index (χ1v) is 14.1. The van der Waals surface area contributed by atoms with Crippen LogP contribution >= 0.6 is 34.8 Å². The molecule has 1 saturated heterocycles. The van der Waals surface area contributed by atoms with E-state index in [1.54, 1.807) is 25.2 Å². The van der Waals surface area contributed by atoms with Crippen LogP contribution in [0.4, 0.5) is 5.69 Å². The number of hydrogen-bond donors (Lipinski definition) is 2. The highest BCUT2D eigenvalue weighted by Gasteiger charge is 2.20. The molecule has 0 saturated carbocycles. The Balaban J connectivity index is 1.44. The third-order valence-electron chi connectivity index (χ3n) is 7.03. The lowest BCUT2D eigenvalue weighted by Gasteiger charge is -2.26. The number of likely N-dealkylation sites (tertiary alicyclic amines) is 1. The molecule has 1 unspecified atom stereocenters. The highest BCUT2D eigenvalue weighted by molar-refractivity contribution is 6.42. The van der Waals surface area contributed by atoms with Crippen molar-refractivity contribution in [2.45, 2.75) is 18.9 Å². The lowest BCUT2D eigenvalue weighted by molar-refractivity contribution is -0.117. The number of ketones is 1. The minimum absolute atomic E-state index is 0.00981. The molecule has 206 valence electrons. The van der Waals surface area contributed by atoms with Gasteiger partial charge in [0.15, 0.2) is 5.78 Å². The van der Waals surface area contributed by atoms with E-state index in [2.05, 4.69) is 39.8 Å². The van der Waals surface area contributed by atoms with Crippen LogP contribution in [0.5, 0.6) is 0 Å². The Morgan fingerprint density at radius 1 is 0.897 bits per heavy atom. The van der Waals surface area contributed by atoms with E-state index in [9.17, 15) is 9.59 Å². The fourth-order valence-corrected chi connectivity index (χ4v) is 5.36. The van der Waals surface area contributed by atoms with Crippen molar-refractivity contribution in [1.82, 2.24) is 15.5 Å². The molecular formula is C30H33Cl3N4O2. The van der Waals surface area contributed by atoms with Crippen molar-refractivity contribution in [1.29, 1.82) is 0 Å². The van der Waals surface area contributed by atoms with E-state index in [0.717, 1.165) is 42.0 Å². The largest absolute Gasteiger partial charge is 0.367 e. The van der Waals surface area contributed by atoms with Crippen LogP contribution in [-0.4, -0.2) is 63.4 Å². The van der Waals surface area contributed by atoms with Crippen molar-refractivity contribution in [2.75, 3.05) is 51.7 Å². The number of benzene rings is 3. The number of halogens is 3. The van der Waals surface area contributed by atoms with Crippen LogP contribution in [0.2, 0.25) is 15.1 Å². The fourth-order valence-electron chi connectivity index (χ4n) is 4.80. The van der Waals surface area contributed by atoms with Gasteiger partial charge in [-0.15, -0.1) is 0 Å². The van der Waals surface area contributed by atoms with Gasteiger partial charge in [0.2, 0.25) is 0 Å². The molecule has 9 heteroatoms. The van der Waals surface area contributed by atoms with Gasteiger partial charge in [0.25, 0.3) is 5.91 Å². The number of carbonyl (C=O) groups excluding carboxylic acids is 2. The molecule has 3 aromatic carbocycles. The van der Waals surface area contributed by atoms with E-state index < -0.39 is 0 Å². The molecule has 1 aliphatic heterocycles. The van der Waals surface area contributed by atoms with E-state index in [0.29, 0.717) is 20.6 Å². The van der Waals surface area contributed by atoms with E-state index in [1.165, 1.54) is 12.8 Å². The van der Waals surface area contributed by atoms with E-state index in [4.69, 9.17) is 34.8 Å². The molecule has 1 atom stereocenters. The summed E-state index contributed by atoms with van der Waals surface area (Å²) in [5.41, 5.74) is 4.34. The molecule has 0 bridgehead atoms. The smallest absolute Gasteiger partial charge is 0.252 e. The maximum absolute atomic E-state index is 12.9. The lowest BCUT2D eigenvalue weighted by Crippen LogP contribution is -2.39. The van der Waals surface area contributed by atoms with E-state index >= 15 is 0 Å². The molecule has 4 rings (SSSR count). The van der Waals surface area contributed by atoms with Gasteiger partial charge in [0.05, 0.1) is 33.7 Å². The molecule has 1 aliphatic rings. The Hall–Kier alpha value is -2.61. The summed E-state index contributed by atoms with van der Waals surface area (Å²) in [6.45, 7) is 3.48. The average molecular weight is 588 g/mol. The van der Waals surface area contributed by atoms with Gasteiger partial charge in [-0.2, -0.15) is 0 Å². The Labute approximate surface area is 245 Å². The monoisotopic (exact) mass is 586 g/mol. The minimum atomic E-state index is -0.213. The molecule has 3 aromatic rings. The molecule has 0 radical (unpaired) electrons. The second-order valence-electron chi connectivity index (χ2n) is 9.83. The predicted molar refractivity (Wildman–Crippen MR) is 161 cm³/mol. The van der Waals surface area contributed by atoms with Crippen molar-refractivity contribution in [3.63, 3.8) is 0 Å². The van der Waals surface area contributed by atoms with Crippen LogP contribution < -0.4 is 15.5 Å². The fraction of sp³-hybridized carbons (Fsp3) is 0.333. The number of Topliss-reactive ketones (excluding diaryl/α,β-unsaturated/α-hetero) is 1. The zero-order valence-electron chi connectivity index (χ0n) is 22.1. The van der Waals surface area contributed by atoms with Gasteiger partial charge < -0.3 is 20.4 Å². The molecule has 0 aliphatic carbocycles. The summed E-state index contributed by atoms with van der Waals surface area (Å²) in [5.74, 6) is -0.132. The predicted octanol–water partition coefficient (Wildman–Crippen LogP) is 6.11. The van der Waals surface area contributed by atoms with Crippen LogP contribution in [-0.2, 0) is 4.79 Å². The van der Waals surface area contributed by atoms with Gasteiger partial charge in [0, 0.05) is 32.4 Å². The number of nitrogens with zero attached hydrogens (tertiary/aromatic N) is 2. The normalized spacial score (nSPS) is 14.3. The van der Waals surface area contributed by atoms with Crippen LogP contribution in [0.15, 0.2) is 60.7 Å². The number of rotatable bonds is 11. The van der Waals surface area contributed by atoms with Crippen molar-refractivity contribution >= 4 is 52.2 Å². The van der Waals surface area contributed by atoms with Crippen molar-refractivity contribution in [2.24, 2.45) is 0 Å². The number of likely N-dealkylation sites (N-methyl/N-ethyl adjacent to an activating group) is 1. The zero-order valence-corrected chi connectivity index (χ0v) is 24.4. The summed E-state index contributed by atoms with van der Waals surface area (Å²) in [6, 6.07) is 19.1. The number of nitrogens with one attached hydrogen (secondary N) is 2. The molecule has 0 spiro atoms. The first kappa shape index (κ1) is 29.4. The molecule has 2 N–H and O–H groups in total. The molecule has 1 fully saturated rings. The van der Waals surface area contributed by atoms with Crippen LogP contribution in [0, 0.1) is 0 Å². The topological polar surface area (TPSA) is 64.7 Å². The maximum atomic E-state index is 12.9. The third-order valence-corrected chi connectivity index (χ3v) is 8.08. The summed E-state index contributed by atoms with van der Waals surface area (Å²) < 4.78 is 0.